The lowest BCUT2D eigenvalue weighted by atomic mass is 9.80. The van der Waals surface area contributed by atoms with Gasteiger partial charge >= 0.3 is 0 Å². The molecule has 5 heteroatoms. The van der Waals surface area contributed by atoms with Crippen LogP contribution in [0.1, 0.15) is 37.3 Å². The lowest BCUT2D eigenvalue weighted by molar-refractivity contribution is -0.0483. The highest BCUT2D eigenvalue weighted by molar-refractivity contribution is 5.15. The molecule has 1 saturated carbocycles. The molecule has 1 heterocycles. The summed E-state index contributed by atoms with van der Waals surface area (Å²) in [6.45, 7) is 0. The number of alkyl halides is 2. The van der Waals surface area contributed by atoms with Gasteiger partial charge in [0.2, 0.25) is 5.92 Å². The number of hydrogen-bond donors (Lipinski definition) is 1. The van der Waals surface area contributed by atoms with E-state index < -0.39 is 17.8 Å². The van der Waals surface area contributed by atoms with Crippen molar-refractivity contribution < 1.29 is 13.2 Å². The fourth-order valence-electron chi connectivity index (χ4n) is 2.30. The molecule has 1 aromatic heterocycles. The molecular weight excluding hydrogens is 229 g/mol. The smallest absolute Gasteiger partial charge is 0.248 e. The van der Waals surface area contributed by atoms with Gasteiger partial charge < -0.3 is 5.73 Å². The van der Waals surface area contributed by atoms with E-state index in [2.05, 4.69) is 4.98 Å². The number of pyridine rings is 1. The average molecular weight is 244 g/mol. The summed E-state index contributed by atoms with van der Waals surface area (Å²) >= 11 is 0. The standard InChI is InChI=1S/C12H15F3N2/c13-10-5-9(6-17-7-10)11(16)8-1-3-12(14,15)4-2-8/h5-8,11H,1-4,16H2. The summed E-state index contributed by atoms with van der Waals surface area (Å²) in [5.74, 6) is -3.02. The zero-order valence-corrected chi connectivity index (χ0v) is 9.37. The molecule has 2 N–H and O–H groups in total. The lowest BCUT2D eigenvalue weighted by Crippen LogP contribution is -2.31. The second kappa shape index (κ2) is 4.64. The van der Waals surface area contributed by atoms with E-state index in [1.165, 1.54) is 12.3 Å². The third-order valence-corrected chi connectivity index (χ3v) is 3.38. The maximum atomic E-state index is 13.0. The van der Waals surface area contributed by atoms with Crippen LogP contribution < -0.4 is 5.73 Å². The summed E-state index contributed by atoms with van der Waals surface area (Å²) in [4.78, 5) is 3.73. The van der Waals surface area contributed by atoms with E-state index in [0.717, 1.165) is 6.20 Å². The number of halogens is 3. The van der Waals surface area contributed by atoms with Gasteiger partial charge in [-0.1, -0.05) is 0 Å². The van der Waals surface area contributed by atoms with E-state index in [4.69, 9.17) is 5.73 Å². The second-order valence-corrected chi connectivity index (χ2v) is 4.66. The molecule has 1 atom stereocenters. The fraction of sp³-hybridized carbons (Fsp3) is 0.583. The Morgan fingerprint density at radius 2 is 1.94 bits per heavy atom. The third-order valence-electron chi connectivity index (χ3n) is 3.38. The molecule has 2 nitrogen and oxygen atoms in total. The Bertz CT molecular complexity index is 385. The van der Waals surface area contributed by atoms with E-state index in [9.17, 15) is 13.2 Å². The molecule has 1 aliphatic rings. The normalized spacial score (nSPS) is 22.4. The predicted octanol–water partition coefficient (Wildman–Crippen LogP) is 3.05. The van der Waals surface area contributed by atoms with Gasteiger partial charge in [-0.25, -0.2) is 13.2 Å². The van der Waals surface area contributed by atoms with Crippen LogP contribution in [0.2, 0.25) is 0 Å². The van der Waals surface area contributed by atoms with Crippen LogP contribution in [0.5, 0.6) is 0 Å². The molecule has 2 rings (SSSR count). The second-order valence-electron chi connectivity index (χ2n) is 4.66. The van der Waals surface area contributed by atoms with Crippen molar-refractivity contribution in [2.24, 2.45) is 11.7 Å². The summed E-state index contributed by atoms with van der Waals surface area (Å²) in [6, 6.07) is 0.916. The highest BCUT2D eigenvalue weighted by atomic mass is 19.3. The van der Waals surface area contributed by atoms with E-state index in [0.29, 0.717) is 18.4 Å². The first-order chi connectivity index (χ1) is 7.98. The Balaban J connectivity index is 2.04. The maximum Gasteiger partial charge on any atom is 0.248 e. The molecule has 1 unspecified atom stereocenters. The summed E-state index contributed by atoms with van der Waals surface area (Å²) in [7, 11) is 0. The van der Waals surface area contributed by atoms with Crippen molar-refractivity contribution in [2.45, 2.75) is 37.6 Å². The summed E-state index contributed by atoms with van der Waals surface area (Å²) < 4.78 is 39.0. The molecule has 94 valence electrons. The average Bonchev–Trinajstić information content (AvgIpc) is 2.28. The molecule has 0 amide bonds. The Kier molecular flexibility index (Phi) is 3.38. The van der Waals surface area contributed by atoms with Crippen LogP contribution in [0.25, 0.3) is 0 Å². The Morgan fingerprint density at radius 3 is 2.53 bits per heavy atom. The van der Waals surface area contributed by atoms with Crippen molar-refractivity contribution >= 4 is 0 Å². The topological polar surface area (TPSA) is 38.9 Å². The van der Waals surface area contributed by atoms with Gasteiger partial charge in [-0.2, -0.15) is 0 Å². The fourth-order valence-corrected chi connectivity index (χ4v) is 2.30. The van der Waals surface area contributed by atoms with E-state index >= 15 is 0 Å². The Hall–Kier alpha value is -1.10. The lowest BCUT2D eigenvalue weighted by Gasteiger charge is -2.31. The number of hydrogen-bond acceptors (Lipinski definition) is 2. The zero-order chi connectivity index (χ0) is 12.5. The number of nitrogens with zero attached hydrogens (tertiary/aromatic N) is 1. The van der Waals surface area contributed by atoms with Crippen LogP contribution in [0.15, 0.2) is 18.5 Å². The van der Waals surface area contributed by atoms with Crippen LogP contribution in [-0.4, -0.2) is 10.9 Å². The van der Waals surface area contributed by atoms with Crippen molar-refractivity contribution in [3.63, 3.8) is 0 Å². The van der Waals surface area contributed by atoms with E-state index in [1.54, 1.807) is 0 Å². The number of aromatic nitrogens is 1. The van der Waals surface area contributed by atoms with E-state index in [-0.39, 0.29) is 18.8 Å². The highest BCUT2D eigenvalue weighted by Crippen LogP contribution is 2.40. The number of rotatable bonds is 2. The van der Waals surface area contributed by atoms with Gasteiger partial charge in [-0.05, 0) is 30.4 Å². The zero-order valence-electron chi connectivity index (χ0n) is 9.37. The first kappa shape index (κ1) is 12.4. The minimum absolute atomic E-state index is 0.0155. The Labute approximate surface area is 98.0 Å². The molecule has 0 saturated heterocycles. The van der Waals surface area contributed by atoms with Crippen LogP contribution in [0.3, 0.4) is 0 Å². The first-order valence-electron chi connectivity index (χ1n) is 5.72. The van der Waals surface area contributed by atoms with Crippen molar-refractivity contribution in [1.82, 2.24) is 4.98 Å². The molecule has 0 aromatic carbocycles. The maximum absolute atomic E-state index is 13.0. The van der Waals surface area contributed by atoms with Gasteiger partial charge in [0.15, 0.2) is 0 Å². The molecule has 17 heavy (non-hydrogen) atoms. The molecule has 1 aromatic rings. The SMILES string of the molecule is NC(c1cncc(F)c1)C1CCC(F)(F)CC1. The summed E-state index contributed by atoms with van der Waals surface area (Å²) in [5.41, 5.74) is 6.56. The molecule has 0 spiro atoms. The van der Waals surface area contributed by atoms with Gasteiger partial charge in [0.1, 0.15) is 5.82 Å². The van der Waals surface area contributed by atoms with Gasteiger partial charge in [0, 0.05) is 25.1 Å². The minimum atomic E-state index is -2.56. The van der Waals surface area contributed by atoms with Gasteiger partial charge in [-0.3, -0.25) is 4.98 Å². The minimum Gasteiger partial charge on any atom is -0.324 e. The molecule has 0 radical (unpaired) electrons. The monoisotopic (exact) mass is 244 g/mol. The van der Waals surface area contributed by atoms with Crippen molar-refractivity contribution in [3.05, 3.63) is 29.8 Å². The molecule has 1 aliphatic carbocycles. The molecule has 1 fully saturated rings. The van der Waals surface area contributed by atoms with Crippen molar-refractivity contribution in [1.29, 1.82) is 0 Å². The highest BCUT2D eigenvalue weighted by Gasteiger charge is 2.37. The van der Waals surface area contributed by atoms with Gasteiger partial charge in [-0.15, -0.1) is 0 Å². The summed E-state index contributed by atoms with van der Waals surface area (Å²) in [6.07, 6.45) is 3.10. The summed E-state index contributed by atoms with van der Waals surface area (Å²) in [5, 5.41) is 0. The third kappa shape index (κ3) is 2.97. The number of nitrogens with two attached hydrogens (primary N) is 1. The van der Waals surface area contributed by atoms with E-state index in [1.807, 2.05) is 0 Å². The molecule has 0 bridgehead atoms. The van der Waals surface area contributed by atoms with Crippen LogP contribution in [0, 0.1) is 11.7 Å². The van der Waals surface area contributed by atoms with Crippen molar-refractivity contribution in [3.8, 4) is 0 Å². The quantitative estimate of drug-likeness (QED) is 0.868. The van der Waals surface area contributed by atoms with Crippen LogP contribution >= 0.6 is 0 Å². The van der Waals surface area contributed by atoms with Gasteiger partial charge in [0.25, 0.3) is 0 Å². The van der Waals surface area contributed by atoms with Gasteiger partial charge in [0.05, 0.1) is 6.20 Å². The predicted molar refractivity (Wildman–Crippen MR) is 58.0 cm³/mol. The first-order valence-corrected chi connectivity index (χ1v) is 5.72. The molecule has 0 aliphatic heterocycles. The van der Waals surface area contributed by atoms with Crippen molar-refractivity contribution in [2.75, 3.05) is 0 Å². The van der Waals surface area contributed by atoms with Crippen LogP contribution in [-0.2, 0) is 0 Å². The largest absolute Gasteiger partial charge is 0.324 e. The Morgan fingerprint density at radius 1 is 1.29 bits per heavy atom. The van der Waals surface area contributed by atoms with Crippen LogP contribution in [0.4, 0.5) is 13.2 Å². The molecular formula is C12H15F3N2.